The molecule has 0 aromatic carbocycles. The monoisotopic (exact) mass is 578 g/mol. The van der Waals surface area contributed by atoms with Gasteiger partial charge in [-0.05, 0) is 39.7 Å². The molecule has 17 nitrogen and oxygen atoms in total. The number of β-lactam (4-membered cyclic amide) rings is 1. The Kier molecular flexibility index (Phi) is 7.15. The molecule has 3 N–H and O–H groups in total. The van der Waals surface area contributed by atoms with Gasteiger partial charge in [-0.1, -0.05) is 5.16 Å². The second-order valence-electron chi connectivity index (χ2n) is 7.47. The van der Waals surface area contributed by atoms with Gasteiger partial charge in [0, 0.05) is 11.5 Å². The van der Waals surface area contributed by atoms with Gasteiger partial charge in [0.05, 0.1) is 0 Å². The summed E-state index contributed by atoms with van der Waals surface area (Å²) < 4.78 is 5.15. The number of fused-ring (bicyclic) bond motifs is 2. The minimum Gasteiger partial charge on any atom is -0.479 e. The SMILES string of the molecule is O=C(O)CON=C(C(=O)NC1C(=O)N2C(C(=O)O)=C(CSc3ccc4nnnn4n3)CS[C@@H]12)c1ncsn1. The quantitative estimate of drug-likeness (QED) is 0.110. The van der Waals surface area contributed by atoms with E-state index in [9.17, 15) is 24.3 Å². The van der Waals surface area contributed by atoms with Crippen LogP contribution in [0.4, 0.5) is 0 Å². The number of carbonyl (C=O) groups is 4. The minimum absolute atomic E-state index is 0.114. The van der Waals surface area contributed by atoms with E-state index in [2.05, 4.69) is 45.3 Å². The van der Waals surface area contributed by atoms with Crippen molar-refractivity contribution in [1.82, 2.24) is 44.8 Å². The van der Waals surface area contributed by atoms with Gasteiger partial charge >= 0.3 is 11.9 Å². The van der Waals surface area contributed by atoms with E-state index >= 15 is 0 Å². The molecular formula is C18H14N10O7S3. The zero-order valence-corrected chi connectivity index (χ0v) is 21.1. The first-order valence-corrected chi connectivity index (χ1v) is 13.3. The average Bonchev–Trinajstić information content (AvgIpc) is 3.59. The van der Waals surface area contributed by atoms with E-state index in [0.29, 0.717) is 22.0 Å². The van der Waals surface area contributed by atoms with Crippen molar-refractivity contribution in [3.8, 4) is 0 Å². The van der Waals surface area contributed by atoms with E-state index in [0.717, 1.165) is 16.4 Å². The fourth-order valence-electron chi connectivity index (χ4n) is 3.49. The molecule has 38 heavy (non-hydrogen) atoms. The molecule has 2 amide bonds. The Bertz CT molecular complexity index is 1490. The lowest BCUT2D eigenvalue weighted by Crippen LogP contribution is -2.71. The van der Waals surface area contributed by atoms with Crippen LogP contribution in [0.5, 0.6) is 0 Å². The lowest BCUT2D eigenvalue weighted by Gasteiger charge is -2.49. The third kappa shape index (κ3) is 4.99. The second kappa shape index (κ2) is 10.7. The summed E-state index contributed by atoms with van der Waals surface area (Å²) in [5.41, 5.74) is 1.74. The highest BCUT2D eigenvalue weighted by molar-refractivity contribution is 8.01. The van der Waals surface area contributed by atoms with Gasteiger partial charge in [0.25, 0.3) is 11.8 Å². The fraction of sp³-hybridized carbons (Fsp3) is 0.278. The largest absolute Gasteiger partial charge is 0.479 e. The maximum Gasteiger partial charge on any atom is 0.352 e. The molecular weight excluding hydrogens is 564 g/mol. The van der Waals surface area contributed by atoms with Crippen molar-refractivity contribution in [2.75, 3.05) is 18.1 Å². The van der Waals surface area contributed by atoms with E-state index in [4.69, 9.17) is 5.11 Å². The first kappa shape index (κ1) is 25.5. The highest BCUT2D eigenvalue weighted by Gasteiger charge is 2.54. The van der Waals surface area contributed by atoms with Crippen LogP contribution in [0.1, 0.15) is 5.82 Å². The number of hydrogen-bond donors (Lipinski definition) is 3. The fourth-order valence-corrected chi connectivity index (χ4v) is 6.25. The first-order valence-electron chi connectivity index (χ1n) is 10.4. The molecule has 2 aliphatic heterocycles. The van der Waals surface area contributed by atoms with Crippen LogP contribution in [-0.4, -0.2) is 109 Å². The van der Waals surface area contributed by atoms with Crippen LogP contribution in [0.15, 0.2) is 39.1 Å². The van der Waals surface area contributed by atoms with Crippen molar-refractivity contribution in [1.29, 1.82) is 0 Å². The number of amides is 2. The molecule has 1 fully saturated rings. The number of hydrogen-bond acceptors (Lipinski definition) is 15. The van der Waals surface area contributed by atoms with Crippen LogP contribution in [0.2, 0.25) is 0 Å². The number of tetrazole rings is 1. The smallest absolute Gasteiger partial charge is 0.352 e. The van der Waals surface area contributed by atoms with Gasteiger partial charge in [-0.15, -0.1) is 38.4 Å². The highest BCUT2D eigenvalue weighted by atomic mass is 32.2. The van der Waals surface area contributed by atoms with Gasteiger partial charge in [0.1, 0.15) is 27.6 Å². The molecule has 0 aliphatic carbocycles. The number of oxime groups is 1. The number of carboxylic acid groups (broad SMARTS) is 2. The number of nitrogens with one attached hydrogen (secondary N) is 1. The van der Waals surface area contributed by atoms with Crippen LogP contribution in [-0.2, 0) is 24.0 Å². The third-order valence-corrected chi connectivity index (χ3v) is 7.93. The number of carbonyl (C=O) groups excluding carboxylic acids is 2. The van der Waals surface area contributed by atoms with E-state index in [1.165, 1.54) is 33.7 Å². The van der Waals surface area contributed by atoms with E-state index in [1.54, 1.807) is 12.1 Å². The summed E-state index contributed by atoms with van der Waals surface area (Å²) in [6.45, 7) is -0.803. The number of carboxylic acids is 2. The number of rotatable bonds is 10. The standard InChI is InChI=1S/C18H14N10O7S3/c29-10(30)3-35-23-11(14-19-6-38-24-14)15(31)20-12-16(32)27-13(18(33)34)7(5-37-17(12)27)4-36-9-2-1-8-21-25-26-28(8)22-9/h1-2,6,12,17H,3-5H2,(H,20,31)(H,29,30)(H,33,34)/t12?,17-/m0/s1. The molecule has 3 aromatic heterocycles. The molecule has 1 saturated heterocycles. The van der Waals surface area contributed by atoms with Crippen molar-refractivity contribution >= 4 is 70.2 Å². The lowest BCUT2D eigenvalue weighted by atomic mass is 10.0. The predicted molar refractivity (Wildman–Crippen MR) is 129 cm³/mol. The summed E-state index contributed by atoms with van der Waals surface area (Å²) in [5.74, 6) is -3.66. The molecule has 0 radical (unpaired) electrons. The Balaban J connectivity index is 1.29. The van der Waals surface area contributed by atoms with Gasteiger partial charge in [-0.25, -0.2) is 14.6 Å². The van der Waals surface area contributed by atoms with Crippen LogP contribution in [0, 0.1) is 0 Å². The highest BCUT2D eigenvalue weighted by Crippen LogP contribution is 2.41. The van der Waals surface area contributed by atoms with E-state index < -0.39 is 47.5 Å². The Labute approximate surface area is 223 Å². The predicted octanol–water partition coefficient (Wildman–Crippen LogP) is -1.29. The maximum atomic E-state index is 13.0. The molecule has 0 bridgehead atoms. The summed E-state index contributed by atoms with van der Waals surface area (Å²) in [6.07, 6.45) is 0. The zero-order valence-electron chi connectivity index (χ0n) is 18.7. The number of thioether (sulfide) groups is 2. The summed E-state index contributed by atoms with van der Waals surface area (Å²) in [4.78, 5) is 58.3. The third-order valence-electron chi connectivity index (χ3n) is 5.11. The molecule has 1 unspecified atom stereocenters. The van der Waals surface area contributed by atoms with Gasteiger partial charge in [0.15, 0.2) is 5.65 Å². The molecule has 0 saturated carbocycles. The van der Waals surface area contributed by atoms with Gasteiger partial charge in [-0.2, -0.15) is 4.37 Å². The van der Waals surface area contributed by atoms with Crippen molar-refractivity contribution in [3.63, 3.8) is 0 Å². The summed E-state index contributed by atoms with van der Waals surface area (Å²) >= 11 is 3.48. The van der Waals surface area contributed by atoms with Crippen molar-refractivity contribution in [3.05, 3.63) is 34.7 Å². The zero-order chi connectivity index (χ0) is 26.8. The van der Waals surface area contributed by atoms with Crippen LogP contribution < -0.4 is 5.32 Å². The molecule has 2 aliphatic rings. The van der Waals surface area contributed by atoms with Crippen molar-refractivity contribution in [2.45, 2.75) is 16.4 Å². The molecule has 2 atom stereocenters. The van der Waals surface area contributed by atoms with Crippen LogP contribution >= 0.6 is 35.1 Å². The van der Waals surface area contributed by atoms with E-state index in [1.807, 2.05) is 0 Å². The first-order chi connectivity index (χ1) is 18.3. The van der Waals surface area contributed by atoms with Gasteiger partial charge in [0.2, 0.25) is 18.1 Å². The van der Waals surface area contributed by atoms with E-state index in [-0.39, 0.29) is 17.3 Å². The summed E-state index contributed by atoms with van der Waals surface area (Å²) in [7, 11) is 0. The normalized spacial score (nSPS) is 19.2. The molecule has 5 rings (SSSR count). The average molecular weight is 579 g/mol. The molecule has 20 heteroatoms. The van der Waals surface area contributed by atoms with Crippen molar-refractivity contribution in [2.24, 2.45) is 5.16 Å². The summed E-state index contributed by atoms with van der Waals surface area (Å²) in [6, 6.07) is 2.32. The topological polar surface area (TPSA) is 227 Å². The maximum absolute atomic E-state index is 13.0. The Morgan fingerprint density at radius 2 is 2.13 bits per heavy atom. The molecule has 196 valence electrons. The van der Waals surface area contributed by atoms with Gasteiger partial charge < -0.3 is 20.4 Å². The molecule has 5 heterocycles. The second-order valence-corrected chi connectivity index (χ2v) is 10.2. The minimum atomic E-state index is -1.31. The number of nitrogens with zero attached hydrogens (tertiary/aromatic N) is 9. The summed E-state index contributed by atoms with van der Waals surface area (Å²) in [5, 5.41) is 39.8. The van der Waals surface area contributed by atoms with Crippen LogP contribution in [0.3, 0.4) is 0 Å². The number of aromatic nitrogens is 7. The Morgan fingerprint density at radius 3 is 2.87 bits per heavy atom. The Hall–Kier alpha value is -4.17. The van der Waals surface area contributed by atoms with Gasteiger partial charge in [-0.3, -0.25) is 14.5 Å². The lowest BCUT2D eigenvalue weighted by molar-refractivity contribution is -0.150. The molecule has 3 aromatic rings. The van der Waals surface area contributed by atoms with Crippen molar-refractivity contribution < 1.29 is 34.2 Å². The molecule has 0 spiro atoms. The Morgan fingerprint density at radius 1 is 1.29 bits per heavy atom. The number of aliphatic carboxylic acids is 2. The van der Waals surface area contributed by atoms with Crippen LogP contribution in [0.25, 0.3) is 5.65 Å².